The Morgan fingerprint density at radius 3 is 2.81 bits per heavy atom. The second-order valence-electron chi connectivity index (χ2n) is 5.12. The molecule has 8 heteroatoms. The molecule has 21 heavy (non-hydrogen) atoms. The maximum atomic E-state index is 11.9. The fraction of sp³-hybridized carbons (Fsp3) is 0.462. The van der Waals surface area contributed by atoms with Gasteiger partial charge in [-0.05, 0) is 31.9 Å². The molecule has 1 aromatic carbocycles. The summed E-state index contributed by atoms with van der Waals surface area (Å²) in [6.45, 7) is 3.74. The summed E-state index contributed by atoms with van der Waals surface area (Å²) in [6.07, 6.45) is -0.811. The van der Waals surface area contributed by atoms with E-state index in [-0.39, 0.29) is 12.1 Å². The lowest BCUT2D eigenvalue weighted by Crippen LogP contribution is -2.49. The fourth-order valence-corrected chi connectivity index (χ4v) is 3.05. The summed E-state index contributed by atoms with van der Waals surface area (Å²) >= 11 is 0. The molecule has 1 aliphatic heterocycles. The molecule has 1 unspecified atom stereocenters. The van der Waals surface area contributed by atoms with E-state index in [4.69, 9.17) is 4.74 Å². The number of hydrogen-bond acceptors (Lipinski definition) is 5. The highest BCUT2D eigenvalue weighted by Gasteiger charge is 2.24. The Bertz CT molecular complexity index is 616. The van der Waals surface area contributed by atoms with Crippen molar-refractivity contribution in [3.63, 3.8) is 0 Å². The van der Waals surface area contributed by atoms with Crippen molar-refractivity contribution in [1.29, 1.82) is 0 Å². The zero-order valence-corrected chi connectivity index (χ0v) is 12.7. The number of anilines is 1. The van der Waals surface area contributed by atoms with Crippen molar-refractivity contribution in [1.82, 2.24) is 9.44 Å². The molecule has 0 spiro atoms. The first-order valence-corrected chi connectivity index (χ1v) is 8.16. The molecule has 1 heterocycles. The average molecular weight is 313 g/mol. The van der Waals surface area contributed by atoms with Gasteiger partial charge >= 0.3 is 16.3 Å². The average Bonchev–Trinajstić information content (AvgIpc) is 2.36. The predicted molar refractivity (Wildman–Crippen MR) is 79.2 cm³/mol. The molecule has 1 aromatic rings. The van der Waals surface area contributed by atoms with Crippen LogP contribution in [0.25, 0.3) is 0 Å². The molecule has 1 aliphatic rings. The maximum absolute atomic E-state index is 11.9. The van der Waals surface area contributed by atoms with Crippen LogP contribution in [0.3, 0.4) is 0 Å². The molecule has 0 aromatic heterocycles. The number of rotatable bonds is 4. The van der Waals surface area contributed by atoms with Crippen LogP contribution in [0.5, 0.6) is 0 Å². The van der Waals surface area contributed by atoms with Gasteiger partial charge in [0, 0.05) is 18.3 Å². The van der Waals surface area contributed by atoms with Gasteiger partial charge in [-0.15, -0.1) is 0 Å². The van der Waals surface area contributed by atoms with Crippen molar-refractivity contribution in [2.75, 3.05) is 11.9 Å². The van der Waals surface area contributed by atoms with E-state index in [1.165, 1.54) is 0 Å². The Kier molecular flexibility index (Phi) is 4.69. The number of carbonyl (C=O) groups excluding carboxylic acids is 1. The van der Waals surface area contributed by atoms with Crippen LogP contribution in [0, 0.1) is 0 Å². The predicted octanol–water partition coefficient (Wildman–Crippen LogP) is 0.992. The zero-order chi connectivity index (χ0) is 15.5. The van der Waals surface area contributed by atoms with Crippen molar-refractivity contribution in [2.24, 2.45) is 0 Å². The zero-order valence-electron chi connectivity index (χ0n) is 11.9. The number of para-hydroxylation sites is 1. The Balaban J connectivity index is 1.94. The summed E-state index contributed by atoms with van der Waals surface area (Å²) in [6, 6.07) is 7.36. The molecule has 0 fully saturated rings. The molecule has 3 N–H and O–H groups in total. The van der Waals surface area contributed by atoms with Gasteiger partial charge in [0.25, 0.3) is 0 Å². The van der Waals surface area contributed by atoms with Gasteiger partial charge in [-0.2, -0.15) is 13.1 Å². The van der Waals surface area contributed by atoms with Crippen LogP contribution >= 0.6 is 0 Å². The van der Waals surface area contributed by atoms with E-state index in [1.54, 1.807) is 13.8 Å². The molecule has 2 rings (SSSR count). The largest absolute Gasteiger partial charge is 0.446 e. The number of fused-ring (bicyclic) bond motifs is 1. The normalized spacial score (nSPS) is 17.8. The highest BCUT2D eigenvalue weighted by atomic mass is 32.2. The summed E-state index contributed by atoms with van der Waals surface area (Å²) in [5, 5.41) is 3.15. The molecule has 116 valence electrons. The SMILES string of the molecule is CC(C)OC(=O)NS(=O)(=O)NC1CNc2ccccc2C1. The van der Waals surface area contributed by atoms with Gasteiger partial charge in [0.05, 0.1) is 6.10 Å². The van der Waals surface area contributed by atoms with Crippen molar-refractivity contribution in [2.45, 2.75) is 32.4 Å². The van der Waals surface area contributed by atoms with E-state index in [0.717, 1.165) is 11.3 Å². The van der Waals surface area contributed by atoms with Crippen LogP contribution in [-0.4, -0.2) is 33.2 Å². The second-order valence-corrected chi connectivity index (χ2v) is 6.56. The third-order valence-electron chi connectivity index (χ3n) is 2.90. The molecule has 7 nitrogen and oxygen atoms in total. The van der Waals surface area contributed by atoms with Crippen molar-refractivity contribution in [3.8, 4) is 0 Å². The minimum atomic E-state index is -3.94. The lowest BCUT2D eigenvalue weighted by atomic mass is 10.0. The Morgan fingerprint density at radius 1 is 1.38 bits per heavy atom. The Morgan fingerprint density at radius 2 is 2.10 bits per heavy atom. The van der Waals surface area contributed by atoms with E-state index in [2.05, 4.69) is 10.0 Å². The molecule has 0 saturated carbocycles. The summed E-state index contributed by atoms with van der Waals surface area (Å²) in [7, 11) is -3.94. The van der Waals surface area contributed by atoms with Crippen LogP contribution in [0.15, 0.2) is 24.3 Å². The van der Waals surface area contributed by atoms with Gasteiger partial charge in [-0.25, -0.2) is 9.52 Å². The standard InChI is InChI=1S/C13H19N3O4S/c1-9(2)20-13(17)16-21(18,19)15-11-7-10-5-3-4-6-12(10)14-8-11/h3-6,9,11,14-15H,7-8H2,1-2H3,(H,16,17). The summed E-state index contributed by atoms with van der Waals surface area (Å²) in [5.74, 6) is 0. The summed E-state index contributed by atoms with van der Waals surface area (Å²) in [5.41, 5.74) is 2.03. The van der Waals surface area contributed by atoms with Crippen LogP contribution < -0.4 is 14.8 Å². The van der Waals surface area contributed by atoms with Crippen LogP contribution in [-0.2, 0) is 21.4 Å². The maximum Gasteiger partial charge on any atom is 0.422 e. The molecule has 0 bridgehead atoms. The van der Waals surface area contributed by atoms with Gasteiger partial charge in [0.15, 0.2) is 0 Å². The first-order chi connectivity index (χ1) is 9.85. The lowest BCUT2D eigenvalue weighted by molar-refractivity contribution is 0.121. The first-order valence-electron chi connectivity index (χ1n) is 6.68. The topological polar surface area (TPSA) is 96.5 Å². The van der Waals surface area contributed by atoms with E-state index in [1.807, 2.05) is 29.0 Å². The molecular weight excluding hydrogens is 294 g/mol. The van der Waals surface area contributed by atoms with E-state index in [0.29, 0.717) is 13.0 Å². The van der Waals surface area contributed by atoms with E-state index < -0.39 is 16.3 Å². The van der Waals surface area contributed by atoms with Gasteiger partial charge in [-0.1, -0.05) is 18.2 Å². The van der Waals surface area contributed by atoms with Crippen LogP contribution in [0.4, 0.5) is 10.5 Å². The van der Waals surface area contributed by atoms with Crippen molar-refractivity contribution in [3.05, 3.63) is 29.8 Å². The number of nitrogens with one attached hydrogen (secondary N) is 3. The molecule has 1 atom stereocenters. The molecule has 0 saturated heterocycles. The lowest BCUT2D eigenvalue weighted by Gasteiger charge is -2.26. The van der Waals surface area contributed by atoms with Crippen molar-refractivity contribution < 1.29 is 17.9 Å². The second kappa shape index (κ2) is 6.31. The van der Waals surface area contributed by atoms with Gasteiger partial charge in [0.2, 0.25) is 0 Å². The van der Waals surface area contributed by atoms with Gasteiger partial charge < -0.3 is 10.1 Å². The van der Waals surface area contributed by atoms with E-state index >= 15 is 0 Å². The highest BCUT2D eigenvalue weighted by Crippen LogP contribution is 2.21. The number of benzene rings is 1. The monoisotopic (exact) mass is 313 g/mol. The Hall–Kier alpha value is -1.80. The van der Waals surface area contributed by atoms with Gasteiger partial charge in [0.1, 0.15) is 0 Å². The minimum absolute atomic E-state index is 0.329. The number of amides is 1. The van der Waals surface area contributed by atoms with Crippen LogP contribution in [0.1, 0.15) is 19.4 Å². The summed E-state index contributed by atoms with van der Waals surface area (Å²) < 4.78 is 32.7. The highest BCUT2D eigenvalue weighted by molar-refractivity contribution is 7.88. The number of hydrogen-bond donors (Lipinski definition) is 3. The Labute approximate surface area is 124 Å². The summed E-state index contributed by atoms with van der Waals surface area (Å²) in [4.78, 5) is 11.3. The third kappa shape index (κ3) is 4.61. The quantitative estimate of drug-likeness (QED) is 0.770. The van der Waals surface area contributed by atoms with Gasteiger partial charge in [-0.3, -0.25) is 0 Å². The number of carbonyl (C=O) groups is 1. The van der Waals surface area contributed by atoms with Crippen molar-refractivity contribution >= 4 is 22.0 Å². The van der Waals surface area contributed by atoms with E-state index in [9.17, 15) is 13.2 Å². The minimum Gasteiger partial charge on any atom is -0.446 e. The smallest absolute Gasteiger partial charge is 0.422 e. The molecular formula is C13H19N3O4S. The molecule has 0 radical (unpaired) electrons. The fourth-order valence-electron chi connectivity index (χ4n) is 2.12. The number of ether oxygens (including phenoxy) is 1. The third-order valence-corrected chi connectivity index (χ3v) is 3.98. The first kappa shape index (κ1) is 15.6. The molecule has 0 aliphatic carbocycles. The van der Waals surface area contributed by atoms with Crippen LogP contribution in [0.2, 0.25) is 0 Å². The molecule has 1 amide bonds.